The van der Waals surface area contributed by atoms with Crippen molar-refractivity contribution < 1.29 is 23.5 Å². The van der Waals surface area contributed by atoms with Crippen molar-refractivity contribution >= 4 is 27.8 Å². The van der Waals surface area contributed by atoms with Gasteiger partial charge in [0, 0.05) is 11.0 Å². The number of carboxylic acid groups (broad SMARTS) is 1. The van der Waals surface area contributed by atoms with Crippen LogP contribution in [0.1, 0.15) is 16.8 Å². The Bertz CT molecular complexity index is 442. The van der Waals surface area contributed by atoms with Crippen LogP contribution < -0.4 is 5.32 Å². The monoisotopic (exact) mass is 307 g/mol. The number of rotatable bonds is 4. The third-order valence-electron chi connectivity index (χ3n) is 1.86. The average Bonchev–Trinajstić information content (AvgIpc) is 2.14. The third-order valence-corrected chi connectivity index (χ3v) is 2.32. The fourth-order valence-electron chi connectivity index (χ4n) is 1.13. The van der Waals surface area contributed by atoms with Crippen molar-refractivity contribution in [2.75, 3.05) is 6.54 Å². The van der Waals surface area contributed by atoms with Gasteiger partial charge >= 0.3 is 5.97 Å². The second-order valence-electron chi connectivity index (χ2n) is 3.14. The highest BCUT2D eigenvalue weighted by molar-refractivity contribution is 9.10. The second kappa shape index (κ2) is 5.72. The molecule has 1 aromatic rings. The Kier molecular flexibility index (Phi) is 4.56. The van der Waals surface area contributed by atoms with E-state index in [4.69, 9.17) is 5.11 Å². The molecule has 1 amide bonds. The summed E-state index contributed by atoms with van der Waals surface area (Å²) < 4.78 is 26.8. The molecule has 0 bridgehead atoms. The quantitative estimate of drug-likeness (QED) is 0.893. The van der Waals surface area contributed by atoms with E-state index in [2.05, 4.69) is 21.2 Å². The van der Waals surface area contributed by atoms with Crippen molar-refractivity contribution in [3.63, 3.8) is 0 Å². The molecule has 0 saturated carbocycles. The number of aliphatic carboxylic acids is 1. The fourth-order valence-corrected chi connectivity index (χ4v) is 1.53. The molecular weight excluding hydrogens is 300 g/mol. The molecule has 0 spiro atoms. The number of carbonyl (C=O) groups excluding carboxylic acids is 1. The van der Waals surface area contributed by atoms with E-state index in [1.807, 2.05) is 0 Å². The Morgan fingerprint density at radius 2 is 1.82 bits per heavy atom. The lowest BCUT2D eigenvalue weighted by atomic mass is 10.2. The van der Waals surface area contributed by atoms with Gasteiger partial charge in [-0.25, -0.2) is 8.78 Å². The minimum atomic E-state index is -1.11. The van der Waals surface area contributed by atoms with E-state index in [0.29, 0.717) is 0 Å². The van der Waals surface area contributed by atoms with Gasteiger partial charge in [-0.1, -0.05) is 15.9 Å². The van der Waals surface area contributed by atoms with Gasteiger partial charge in [-0.2, -0.15) is 0 Å². The van der Waals surface area contributed by atoms with Gasteiger partial charge in [-0.05, 0) is 12.1 Å². The zero-order valence-electron chi connectivity index (χ0n) is 8.47. The molecule has 0 saturated heterocycles. The highest BCUT2D eigenvalue weighted by Gasteiger charge is 2.18. The van der Waals surface area contributed by atoms with Crippen molar-refractivity contribution in [2.24, 2.45) is 0 Å². The summed E-state index contributed by atoms with van der Waals surface area (Å²) in [4.78, 5) is 21.6. The number of carbonyl (C=O) groups is 2. The van der Waals surface area contributed by atoms with E-state index in [1.54, 1.807) is 0 Å². The maximum Gasteiger partial charge on any atom is 0.305 e. The molecular formula is C10H8BrF2NO3. The van der Waals surface area contributed by atoms with Crippen LogP contribution in [0.5, 0.6) is 0 Å². The van der Waals surface area contributed by atoms with Crippen molar-refractivity contribution in [2.45, 2.75) is 6.42 Å². The number of halogens is 3. The molecule has 17 heavy (non-hydrogen) atoms. The van der Waals surface area contributed by atoms with Crippen molar-refractivity contribution in [3.05, 3.63) is 33.8 Å². The van der Waals surface area contributed by atoms with Gasteiger partial charge < -0.3 is 10.4 Å². The predicted molar refractivity (Wildman–Crippen MR) is 58.6 cm³/mol. The van der Waals surface area contributed by atoms with Crippen LogP contribution in [0.25, 0.3) is 0 Å². The first kappa shape index (κ1) is 13.6. The molecule has 0 heterocycles. The average molecular weight is 308 g/mol. The molecule has 0 aliphatic heterocycles. The zero-order chi connectivity index (χ0) is 13.0. The first-order valence-electron chi connectivity index (χ1n) is 4.56. The Labute approximate surface area is 104 Å². The first-order chi connectivity index (χ1) is 7.91. The molecule has 0 aliphatic carbocycles. The smallest absolute Gasteiger partial charge is 0.305 e. The summed E-state index contributed by atoms with van der Waals surface area (Å²) >= 11 is 2.88. The van der Waals surface area contributed by atoms with Gasteiger partial charge in [0.05, 0.1) is 6.42 Å². The summed E-state index contributed by atoms with van der Waals surface area (Å²) in [5.74, 6) is -4.11. The number of hydrogen-bond acceptors (Lipinski definition) is 2. The number of benzene rings is 1. The van der Waals surface area contributed by atoms with E-state index < -0.39 is 29.1 Å². The lowest BCUT2D eigenvalue weighted by molar-refractivity contribution is -0.136. The Balaban J connectivity index is 2.79. The molecule has 92 valence electrons. The summed E-state index contributed by atoms with van der Waals surface area (Å²) in [6, 6.07) is 1.91. The topological polar surface area (TPSA) is 66.4 Å². The van der Waals surface area contributed by atoms with E-state index in [0.717, 1.165) is 12.1 Å². The molecule has 0 fully saturated rings. The van der Waals surface area contributed by atoms with E-state index >= 15 is 0 Å². The maximum atomic E-state index is 13.3. The number of nitrogens with one attached hydrogen (secondary N) is 1. The summed E-state index contributed by atoms with van der Waals surface area (Å²) in [7, 11) is 0. The standard InChI is InChI=1S/C10H8BrF2NO3/c11-5-3-6(12)9(7(13)4-5)10(17)14-2-1-8(15)16/h3-4H,1-2H2,(H,14,17)(H,15,16). The number of amides is 1. The van der Waals surface area contributed by atoms with E-state index in [9.17, 15) is 18.4 Å². The molecule has 0 atom stereocenters. The van der Waals surface area contributed by atoms with Gasteiger partial charge in [0.25, 0.3) is 5.91 Å². The normalized spacial score (nSPS) is 10.1. The van der Waals surface area contributed by atoms with Gasteiger partial charge in [0.15, 0.2) is 0 Å². The molecule has 0 aromatic heterocycles. The minimum absolute atomic E-state index is 0.176. The van der Waals surface area contributed by atoms with E-state index in [-0.39, 0.29) is 17.4 Å². The molecule has 1 rings (SSSR count). The summed E-state index contributed by atoms with van der Waals surface area (Å²) in [6.07, 6.45) is -0.314. The molecule has 4 nitrogen and oxygen atoms in total. The lowest BCUT2D eigenvalue weighted by Crippen LogP contribution is -2.27. The van der Waals surface area contributed by atoms with Crippen LogP contribution in [0.4, 0.5) is 8.78 Å². The molecule has 0 unspecified atom stereocenters. The SMILES string of the molecule is O=C(O)CCNC(=O)c1c(F)cc(Br)cc1F. The summed E-state index contributed by atoms with van der Waals surface area (Å²) in [5, 5.41) is 10.5. The molecule has 0 radical (unpaired) electrons. The Hall–Kier alpha value is -1.50. The van der Waals surface area contributed by atoms with Gasteiger partial charge in [-0.3, -0.25) is 9.59 Å². The Morgan fingerprint density at radius 3 is 2.29 bits per heavy atom. The van der Waals surface area contributed by atoms with Crippen LogP contribution in [0.3, 0.4) is 0 Å². The van der Waals surface area contributed by atoms with Gasteiger partial charge in [-0.15, -0.1) is 0 Å². The van der Waals surface area contributed by atoms with Crippen molar-refractivity contribution in [3.8, 4) is 0 Å². The highest BCUT2D eigenvalue weighted by atomic mass is 79.9. The molecule has 7 heteroatoms. The summed E-state index contributed by atoms with van der Waals surface area (Å²) in [6.45, 7) is -0.191. The van der Waals surface area contributed by atoms with Gasteiger partial charge in [0.2, 0.25) is 0 Å². The zero-order valence-corrected chi connectivity index (χ0v) is 10.1. The second-order valence-corrected chi connectivity index (χ2v) is 4.06. The van der Waals surface area contributed by atoms with Crippen molar-refractivity contribution in [1.29, 1.82) is 0 Å². The van der Waals surface area contributed by atoms with Crippen LogP contribution in [-0.2, 0) is 4.79 Å². The molecule has 0 aliphatic rings. The molecule has 2 N–H and O–H groups in total. The maximum absolute atomic E-state index is 13.3. The van der Waals surface area contributed by atoms with Crippen LogP contribution >= 0.6 is 15.9 Å². The fraction of sp³-hybridized carbons (Fsp3) is 0.200. The largest absolute Gasteiger partial charge is 0.481 e. The highest BCUT2D eigenvalue weighted by Crippen LogP contribution is 2.19. The lowest BCUT2D eigenvalue weighted by Gasteiger charge is -2.06. The van der Waals surface area contributed by atoms with Crippen LogP contribution in [-0.4, -0.2) is 23.5 Å². The van der Waals surface area contributed by atoms with Crippen LogP contribution in [0.15, 0.2) is 16.6 Å². The van der Waals surface area contributed by atoms with Gasteiger partial charge in [0.1, 0.15) is 17.2 Å². The minimum Gasteiger partial charge on any atom is -0.481 e. The predicted octanol–water partition coefficient (Wildman–Crippen LogP) is 1.93. The number of hydrogen-bond donors (Lipinski definition) is 2. The number of carboxylic acids is 1. The Morgan fingerprint density at radius 1 is 1.29 bits per heavy atom. The van der Waals surface area contributed by atoms with Crippen LogP contribution in [0, 0.1) is 11.6 Å². The molecule has 1 aromatic carbocycles. The first-order valence-corrected chi connectivity index (χ1v) is 5.35. The van der Waals surface area contributed by atoms with Crippen LogP contribution in [0.2, 0.25) is 0 Å². The van der Waals surface area contributed by atoms with Crippen molar-refractivity contribution in [1.82, 2.24) is 5.32 Å². The van der Waals surface area contributed by atoms with E-state index in [1.165, 1.54) is 0 Å². The summed E-state index contributed by atoms with van der Waals surface area (Å²) in [5.41, 5.74) is -0.724. The third kappa shape index (κ3) is 3.77.